The molecule has 19 heavy (non-hydrogen) atoms. The monoisotopic (exact) mass is 300 g/mol. The summed E-state index contributed by atoms with van der Waals surface area (Å²) in [7, 11) is -2.92. The Morgan fingerprint density at radius 2 is 2.11 bits per heavy atom. The van der Waals surface area contributed by atoms with Gasteiger partial charge in [0.05, 0.1) is 22.7 Å². The van der Waals surface area contributed by atoms with Crippen LogP contribution in [0.25, 0.3) is 11.0 Å². The van der Waals surface area contributed by atoms with Crippen molar-refractivity contribution in [3.05, 3.63) is 29.6 Å². The predicted molar refractivity (Wildman–Crippen MR) is 78.4 cm³/mol. The molecule has 0 bridgehead atoms. The van der Waals surface area contributed by atoms with Crippen LogP contribution in [0.1, 0.15) is 17.8 Å². The molecule has 0 spiro atoms. The fourth-order valence-corrected chi connectivity index (χ4v) is 2.98. The van der Waals surface area contributed by atoms with Gasteiger partial charge in [0.1, 0.15) is 15.7 Å². The highest BCUT2D eigenvalue weighted by atomic mass is 35.5. The Hall–Kier alpha value is -1.07. The predicted octanol–water partition coefficient (Wildman–Crippen LogP) is 2.52. The molecule has 0 atom stereocenters. The molecule has 0 N–H and O–H groups in total. The fourth-order valence-electron chi connectivity index (χ4n) is 2.13. The van der Waals surface area contributed by atoms with E-state index in [1.54, 1.807) is 0 Å². The van der Waals surface area contributed by atoms with Crippen molar-refractivity contribution in [2.45, 2.75) is 25.8 Å². The first-order valence-electron chi connectivity index (χ1n) is 6.10. The van der Waals surface area contributed by atoms with Crippen molar-refractivity contribution in [3.63, 3.8) is 0 Å². The maximum absolute atomic E-state index is 11.2. The van der Waals surface area contributed by atoms with E-state index >= 15 is 0 Å². The lowest BCUT2D eigenvalue weighted by Crippen LogP contribution is -2.09. The molecule has 0 amide bonds. The standard InChI is InChI=1S/C13H17ClN2O2S/c1-10-4-5-12-11(8-10)15-13(9-14)16(12)6-3-7-19(2,17)18/h4-5,8H,3,6-7,9H2,1-2H3. The first-order valence-corrected chi connectivity index (χ1v) is 8.69. The molecule has 104 valence electrons. The second-order valence-electron chi connectivity index (χ2n) is 4.79. The smallest absolute Gasteiger partial charge is 0.147 e. The van der Waals surface area contributed by atoms with Gasteiger partial charge in [-0.1, -0.05) is 6.07 Å². The number of aromatic nitrogens is 2. The van der Waals surface area contributed by atoms with Crippen LogP contribution in [0.2, 0.25) is 0 Å². The van der Waals surface area contributed by atoms with Gasteiger partial charge in [0, 0.05) is 12.8 Å². The van der Waals surface area contributed by atoms with E-state index in [0.29, 0.717) is 18.8 Å². The number of aryl methyl sites for hydroxylation is 2. The van der Waals surface area contributed by atoms with E-state index in [4.69, 9.17) is 11.6 Å². The third-order valence-corrected chi connectivity index (χ3v) is 4.27. The van der Waals surface area contributed by atoms with E-state index in [-0.39, 0.29) is 5.75 Å². The highest BCUT2D eigenvalue weighted by Crippen LogP contribution is 2.19. The zero-order chi connectivity index (χ0) is 14.0. The van der Waals surface area contributed by atoms with Gasteiger partial charge in [0.15, 0.2) is 0 Å². The van der Waals surface area contributed by atoms with E-state index in [0.717, 1.165) is 22.4 Å². The Morgan fingerprint density at radius 1 is 1.37 bits per heavy atom. The first kappa shape index (κ1) is 14.3. The van der Waals surface area contributed by atoms with Crippen LogP contribution in [0.4, 0.5) is 0 Å². The van der Waals surface area contributed by atoms with Gasteiger partial charge >= 0.3 is 0 Å². The van der Waals surface area contributed by atoms with Gasteiger partial charge in [-0.15, -0.1) is 11.6 Å². The molecule has 1 heterocycles. The number of benzene rings is 1. The molecule has 0 saturated heterocycles. The minimum atomic E-state index is -2.92. The summed E-state index contributed by atoms with van der Waals surface area (Å²) >= 11 is 5.91. The summed E-state index contributed by atoms with van der Waals surface area (Å²) in [6.45, 7) is 2.64. The average Bonchev–Trinajstić information content (AvgIpc) is 2.65. The molecule has 0 aliphatic carbocycles. The second-order valence-corrected chi connectivity index (χ2v) is 7.32. The van der Waals surface area contributed by atoms with E-state index in [1.807, 2.05) is 29.7 Å². The number of fused-ring (bicyclic) bond motifs is 1. The van der Waals surface area contributed by atoms with Gasteiger partial charge in [-0.25, -0.2) is 13.4 Å². The molecule has 0 unspecified atom stereocenters. The largest absolute Gasteiger partial charge is 0.327 e. The van der Waals surface area contributed by atoms with Crippen molar-refractivity contribution < 1.29 is 8.42 Å². The van der Waals surface area contributed by atoms with Crippen LogP contribution in [-0.2, 0) is 22.3 Å². The summed E-state index contributed by atoms with van der Waals surface area (Å²) in [4.78, 5) is 4.49. The Kier molecular flexibility index (Phi) is 4.16. The molecule has 0 saturated carbocycles. The maximum Gasteiger partial charge on any atom is 0.147 e. The molecule has 4 nitrogen and oxygen atoms in total. The number of sulfone groups is 1. The van der Waals surface area contributed by atoms with E-state index in [2.05, 4.69) is 4.98 Å². The lowest BCUT2D eigenvalue weighted by Gasteiger charge is -2.07. The normalized spacial score (nSPS) is 12.2. The Labute approximate surface area is 118 Å². The van der Waals surface area contributed by atoms with Gasteiger partial charge < -0.3 is 4.57 Å². The first-order chi connectivity index (χ1) is 8.90. The number of hydrogen-bond acceptors (Lipinski definition) is 3. The SMILES string of the molecule is Cc1ccc2c(c1)nc(CCl)n2CCCS(C)(=O)=O. The summed E-state index contributed by atoms with van der Waals surface area (Å²) in [6.07, 6.45) is 1.83. The average molecular weight is 301 g/mol. The van der Waals surface area contributed by atoms with Crippen LogP contribution < -0.4 is 0 Å². The number of hydrogen-bond donors (Lipinski definition) is 0. The summed E-state index contributed by atoms with van der Waals surface area (Å²) in [5.74, 6) is 1.29. The zero-order valence-corrected chi connectivity index (χ0v) is 12.6. The number of rotatable bonds is 5. The molecule has 6 heteroatoms. The molecular weight excluding hydrogens is 284 g/mol. The van der Waals surface area contributed by atoms with Crippen molar-refractivity contribution in [1.82, 2.24) is 9.55 Å². The van der Waals surface area contributed by atoms with Crippen LogP contribution in [0, 0.1) is 6.92 Å². The van der Waals surface area contributed by atoms with E-state index < -0.39 is 9.84 Å². The topological polar surface area (TPSA) is 52.0 Å². The maximum atomic E-state index is 11.2. The number of imidazole rings is 1. The van der Waals surface area contributed by atoms with Crippen molar-refractivity contribution in [1.29, 1.82) is 0 Å². The molecule has 0 radical (unpaired) electrons. The van der Waals surface area contributed by atoms with Crippen LogP contribution in [0.15, 0.2) is 18.2 Å². The highest BCUT2D eigenvalue weighted by Gasteiger charge is 2.11. The highest BCUT2D eigenvalue weighted by molar-refractivity contribution is 7.90. The molecule has 1 aromatic carbocycles. The summed E-state index contributed by atoms with van der Waals surface area (Å²) < 4.78 is 24.3. The minimum Gasteiger partial charge on any atom is -0.327 e. The Balaban J connectivity index is 2.30. The van der Waals surface area contributed by atoms with Gasteiger partial charge in [0.25, 0.3) is 0 Å². The molecule has 2 rings (SSSR count). The summed E-state index contributed by atoms with van der Waals surface area (Å²) in [5.41, 5.74) is 3.07. The van der Waals surface area contributed by atoms with Crippen molar-refractivity contribution in [3.8, 4) is 0 Å². The lowest BCUT2D eigenvalue weighted by molar-refractivity contribution is 0.591. The van der Waals surface area contributed by atoms with Crippen LogP contribution in [0.3, 0.4) is 0 Å². The van der Waals surface area contributed by atoms with Gasteiger partial charge in [0.2, 0.25) is 0 Å². The van der Waals surface area contributed by atoms with E-state index in [1.165, 1.54) is 6.26 Å². The van der Waals surface area contributed by atoms with Crippen molar-refractivity contribution in [2.75, 3.05) is 12.0 Å². The minimum absolute atomic E-state index is 0.181. The fraction of sp³-hybridized carbons (Fsp3) is 0.462. The lowest BCUT2D eigenvalue weighted by atomic mass is 10.2. The zero-order valence-electron chi connectivity index (χ0n) is 11.1. The van der Waals surface area contributed by atoms with Crippen LogP contribution in [-0.4, -0.2) is 30.0 Å². The third-order valence-electron chi connectivity index (χ3n) is 3.00. The molecule has 2 aromatic rings. The van der Waals surface area contributed by atoms with Gasteiger partial charge in [-0.3, -0.25) is 0 Å². The summed E-state index contributed by atoms with van der Waals surface area (Å²) in [6, 6.07) is 6.04. The van der Waals surface area contributed by atoms with E-state index in [9.17, 15) is 8.42 Å². The Bertz CT molecular complexity index is 692. The molecule has 0 fully saturated rings. The van der Waals surface area contributed by atoms with Gasteiger partial charge in [-0.05, 0) is 31.0 Å². The Morgan fingerprint density at radius 3 is 2.74 bits per heavy atom. The van der Waals surface area contributed by atoms with Crippen LogP contribution >= 0.6 is 11.6 Å². The second kappa shape index (κ2) is 5.51. The summed E-state index contributed by atoms with van der Waals surface area (Å²) in [5, 5.41) is 0. The van der Waals surface area contributed by atoms with Crippen molar-refractivity contribution in [2.24, 2.45) is 0 Å². The molecule has 0 aliphatic heterocycles. The number of nitrogens with zero attached hydrogens (tertiary/aromatic N) is 2. The molecular formula is C13H17ClN2O2S. The van der Waals surface area contributed by atoms with Gasteiger partial charge in [-0.2, -0.15) is 0 Å². The molecule has 0 aliphatic rings. The van der Waals surface area contributed by atoms with Crippen molar-refractivity contribution >= 4 is 32.5 Å². The molecule has 1 aromatic heterocycles. The number of halogens is 1. The van der Waals surface area contributed by atoms with Crippen LogP contribution in [0.5, 0.6) is 0 Å². The quantitative estimate of drug-likeness (QED) is 0.797. The third kappa shape index (κ3) is 3.48. The number of alkyl halides is 1.